The van der Waals surface area contributed by atoms with Crippen LogP contribution in [-0.4, -0.2) is 15.0 Å². The zero-order valence-electron chi connectivity index (χ0n) is 9.25. The van der Waals surface area contributed by atoms with Crippen LogP contribution in [-0.2, 0) is 0 Å². The molecule has 0 unspecified atom stereocenters. The van der Waals surface area contributed by atoms with Crippen molar-refractivity contribution in [3.63, 3.8) is 0 Å². The van der Waals surface area contributed by atoms with E-state index in [1.807, 2.05) is 0 Å². The minimum atomic E-state index is -0.417. The number of hydrogen-bond donors (Lipinski definition) is 1. The summed E-state index contributed by atoms with van der Waals surface area (Å²) in [6.07, 6.45) is 1.51. The fourth-order valence-electron chi connectivity index (χ4n) is 1.68. The van der Waals surface area contributed by atoms with E-state index in [1.54, 1.807) is 30.3 Å². The predicted octanol–water partition coefficient (Wildman–Crippen LogP) is 2.25. The van der Waals surface area contributed by atoms with E-state index in [9.17, 15) is 4.39 Å². The Bertz CT molecular complexity index is 675. The normalized spacial score (nSPS) is 10.7. The van der Waals surface area contributed by atoms with Gasteiger partial charge in [-0.2, -0.15) is 4.68 Å². The predicted molar refractivity (Wildman–Crippen MR) is 63.4 cm³/mol. The maximum atomic E-state index is 13.6. The van der Waals surface area contributed by atoms with Crippen molar-refractivity contribution in [3.8, 4) is 17.1 Å². The molecule has 2 N–H and O–H groups in total. The largest absolute Gasteiger partial charge is 0.463 e. The van der Waals surface area contributed by atoms with Gasteiger partial charge in [-0.25, -0.2) is 4.39 Å². The molecule has 2 aromatic heterocycles. The Morgan fingerprint density at radius 3 is 2.72 bits per heavy atom. The Hall–Kier alpha value is -2.63. The number of halogens is 1. The second-order valence-electron chi connectivity index (χ2n) is 3.66. The number of aromatic nitrogens is 3. The number of nitrogens with two attached hydrogens (primary N) is 1. The number of hydrogen-bond acceptors (Lipinski definition) is 4. The average Bonchev–Trinajstić information content (AvgIpc) is 2.99. The lowest BCUT2D eigenvalue weighted by Gasteiger charge is -2.03. The van der Waals surface area contributed by atoms with Gasteiger partial charge >= 0.3 is 0 Å². The molecule has 1 aromatic carbocycles. The molecule has 0 aliphatic rings. The molecule has 0 saturated heterocycles. The maximum absolute atomic E-state index is 13.6. The highest BCUT2D eigenvalue weighted by molar-refractivity contribution is 5.66. The van der Waals surface area contributed by atoms with E-state index in [0.29, 0.717) is 11.5 Å². The molecule has 5 nitrogen and oxygen atoms in total. The van der Waals surface area contributed by atoms with Crippen LogP contribution in [0.15, 0.2) is 47.1 Å². The Balaban J connectivity index is 2.14. The number of anilines is 1. The monoisotopic (exact) mass is 244 g/mol. The third-order valence-corrected chi connectivity index (χ3v) is 2.54. The third-order valence-electron chi connectivity index (χ3n) is 2.54. The van der Waals surface area contributed by atoms with Crippen LogP contribution < -0.4 is 5.73 Å². The Morgan fingerprint density at radius 2 is 2.00 bits per heavy atom. The number of nitrogens with zero attached hydrogens (tertiary/aromatic N) is 3. The van der Waals surface area contributed by atoms with Gasteiger partial charge in [0.1, 0.15) is 11.5 Å². The molecular formula is C12H9FN4O. The Morgan fingerprint density at radius 1 is 1.17 bits per heavy atom. The summed E-state index contributed by atoms with van der Waals surface area (Å²) in [4.78, 5) is 0. The zero-order valence-corrected chi connectivity index (χ0v) is 9.25. The molecule has 2 heterocycles. The standard InChI is InChI=1S/C12H9FN4O/c13-8-4-1-2-5-9(8)17-12(14)11(15-16-17)10-6-3-7-18-10/h1-7H,14H2. The quantitative estimate of drug-likeness (QED) is 0.750. The maximum Gasteiger partial charge on any atom is 0.172 e. The third kappa shape index (κ3) is 1.55. The molecule has 0 saturated carbocycles. The van der Waals surface area contributed by atoms with Crippen molar-refractivity contribution in [2.75, 3.05) is 5.73 Å². The van der Waals surface area contributed by atoms with Crippen LogP contribution in [0.2, 0.25) is 0 Å². The Labute approximate surface area is 102 Å². The highest BCUT2D eigenvalue weighted by Gasteiger charge is 2.16. The van der Waals surface area contributed by atoms with Crippen LogP contribution in [0.3, 0.4) is 0 Å². The van der Waals surface area contributed by atoms with Gasteiger partial charge in [0, 0.05) is 0 Å². The van der Waals surface area contributed by atoms with Crippen LogP contribution in [0, 0.1) is 5.82 Å². The van der Waals surface area contributed by atoms with Crippen molar-refractivity contribution in [3.05, 3.63) is 48.5 Å². The summed E-state index contributed by atoms with van der Waals surface area (Å²) in [5, 5.41) is 7.75. The van der Waals surface area contributed by atoms with Crippen LogP contribution in [0.5, 0.6) is 0 Å². The summed E-state index contributed by atoms with van der Waals surface area (Å²) >= 11 is 0. The van der Waals surface area contributed by atoms with Gasteiger partial charge in [0.2, 0.25) is 0 Å². The molecular weight excluding hydrogens is 235 g/mol. The van der Waals surface area contributed by atoms with E-state index in [1.165, 1.54) is 17.0 Å². The number of rotatable bonds is 2. The molecule has 3 aromatic rings. The molecule has 6 heteroatoms. The van der Waals surface area contributed by atoms with E-state index >= 15 is 0 Å². The van der Waals surface area contributed by atoms with Crippen molar-refractivity contribution in [2.24, 2.45) is 0 Å². The SMILES string of the molecule is Nc1c(-c2ccco2)nnn1-c1ccccc1F. The first kappa shape index (κ1) is 10.5. The second kappa shape index (κ2) is 3.99. The van der Waals surface area contributed by atoms with Crippen molar-refractivity contribution >= 4 is 5.82 Å². The van der Waals surface area contributed by atoms with Crippen molar-refractivity contribution in [2.45, 2.75) is 0 Å². The van der Waals surface area contributed by atoms with E-state index in [-0.39, 0.29) is 11.5 Å². The lowest BCUT2D eigenvalue weighted by atomic mass is 10.3. The minimum Gasteiger partial charge on any atom is -0.463 e. The van der Waals surface area contributed by atoms with Crippen molar-refractivity contribution in [1.29, 1.82) is 0 Å². The van der Waals surface area contributed by atoms with Crippen molar-refractivity contribution < 1.29 is 8.81 Å². The van der Waals surface area contributed by atoms with E-state index < -0.39 is 5.82 Å². The first-order valence-electron chi connectivity index (χ1n) is 5.27. The van der Waals surface area contributed by atoms with Crippen molar-refractivity contribution in [1.82, 2.24) is 15.0 Å². The smallest absolute Gasteiger partial charge is 0.172 e. The number of para-hydroxylation sites is 1. The van der Waals surface area contributed by atoms with Crippen LogP contribution in [0.25, 0.3) is 17.1 Å². The van der Waals surface area contributed by atoms with Gasteiger partial charge in [-0.05, 0) is 24.3 Å². The fourth-order valence-corrected chi connectivity index (χ4v) is 1.68. The number of nitrogen functional groups attached to an aromatic ring is 1. The molecule has 0 amide bonds. The molecule has 0 radical (unpaired) electrons. The van der Waals surface area contributed by atoms with Crippen LogP contribution >= 0.6 is 0 Å². The Kier molecular flexibility index (Phi) is 2.33. The molecule has 0 spiro atoms. The molecule has 0 atom stereocenters. The van der Waals surface area contributed by atoms with Crippen LogP contribution in [0.1, 0.15) is 0 Å². The van der Waals surface area contributed by atoms with Gasteiger partial charge in [0.25, 0.3) is 0 Å². The van der Waals surface area contributed by atoms with Gasteiger partial charge in [-0.15, -0.1) is 5.10 Å². The fraction of sp³-hybridized carbons (Fsp3) is 0. The first-order chi connectivity index (χ1) is 8.77. The molecule has 3 rings (SSSR count). The minimum absolute atomic E-state index is 0.232. The van der Waals surface area contributed by atoms with E-state index in [0.717, 1.165) is 0 Å². The summed E-state index contributed by atoms with van der Waals surface area (Å²) in [6, 6.07) is 9.64. The highest BCUT2D eigenvalue weighted by atomic mass is 19.1. The van der Waals surface area contributed by atoms with E-state index in [2.05, 4.69) is 10.3 Å². The summed E-state index contributed by atoms with van der Waals surface area (Å²) in [5.41, 5.74) is 6.55. The zero-order chi connectivity index (χ0) is 12.5. The van der Waals surface area contributed by atoms with E-state index in [4.69, 9.17) is 10.2 Å². The lowest BCUT2D eigenvalue weighted by Crippen LogP contribution is -2.04. The lowest BCUT2D eigenvalue weighted by molar-refractivity contribution is 0.580. The van der Waals surface area contributed by atoms with Crippen LogP contribution in [0.4, 0.5) is 10.2 Å². The second-order valence-corrected chi connectivity index (χ2v) is 3.66. The summed E-state index contributed by atoms with van der Waals surface area (Å²) in [6.45, 7) is 0. The molecule has 0 fully saturated rings. The summed E-state index contributed by atoms with van der Waals surface area (Å²) in [5.74, 6) is 0.310. The molecule has 0 aliphatic heterocycles. The molecule has 18 heavy (non-hydrogen) atoms. The van der Waals surface area contributed by atoms with Gasteiger partial charge in [0.05, 0.1) is 6.26 Å². The average molecular weight is 244 g/mol. The summed E-state index contributed by atoms with van der Waals surface area (Å²) < 4.78 is 20.1. The topological polar surface area (TPSA) is 69.9 Å². The first-order valence-corrected chi connectivity index (χ1v) is 5.27. The van der Waals surface area contributed by atoms with Gasteiger partial charge in [-0.1, -0.05) is 17.3 Å². The highest BCUT2D eigenvalue weighted by Crippen LogP contribution is 2.26. The van der Waals surface area contributed by atoms with Gasteiger partial charge in [-0.3, -0.25) is 0 Å². The van der Waals surface area contributed by atoms with Gasteiger partial charge < -0.3 is 10.2 Å². The summed E-state index contributed by atoms with van der Waals surface area (Å²) in [7, 11) is 0. The number of furan rings is 1. The molecule has 0 aliphatic carbocycles. The molecule has 0 bridgehead atoms. The number of benzene rings is 1. The molecule has 90 valence electrons. The van der Waals surface area contributed by atoms with Gasteiger partial charge in [0.15, 0.2) is 17.3 Å².